The van der Waals surface area contributed by atoms with Crippen molar-refractivity contribution in [3.8, 4) is 0 Å². The van der Waals surface area contributed by atoms with Crippen molar-refractivity contribution < 1.29 is 0 Å². The highest BCUT2D eigenvalue weighted by atomic mass is 32.2. The van der Waals surface area contributed by atoms with Gasteiger partial charge in [0.05, 0.1) is 0 Å². The van der Waals surface area contributed by atoms with Gasteiger partial charge in [-0.2, -0.15) is 0 Å². The molecule has 1 unspecified atom stereocenters. The molecule has 1 aliphatic rings. The van der Waals surface area contributed by atoms with Crippen LogP contribution in [0.2, 0.25) is 0 Å². The lowest BCUT2D eigenvalue weighted by Crippen LogP contribution is -2.02. The number of para-hydroxylation sites is 1. The van der Waals surface area contributed by atoms with E-state index in [2.05, 4.69) is 59.9 Å². The third kappa shape index (κ3) is 2.32. The summed E-state index contributed by atoms with van der Waals surface area (Å²) in [6.07, 6.45) is 1.17. The molecule has 0 saturated heterocycles. The smallest absolute Gasteiger partial charge is 0.0478 e. The lowest BCUT2D eigenvalue weighted by Gasteiger charge is -2.13. The molecule has 0 fully saturated rings. The molecule has 1 aliphatic heterocycles. The Kier molecular flexibility index (Phi) is 3.06. The molecule has 0 saturated carbocycles. The molecule has 1 heterocycles. The summed E-state index contributed by atoms with van der Waals surface area (Å²) in [5.74, 6) is 0. The Morgan fingerprint density at radius 2 is 1.71 bits per heavy atom. The van der Waals surface area contributed by atoms with E-state index in [0.29, 0.717) is 5.25 Å². The molecular weight excluding hydrogens is 226 g/mol. The lowest BCUT2D eigenvalue weighted by molar-refractivity contribution is 0.850. The maximum atomic E-state index is 3.50. The topological polar surface area (TPSA) is 12.0 Å². The van der Waals surface area contributed by atoms with Crippen molar-refractivity contribution in [2.45, 2.75) is 16.6 Å². The maximum absolute atomic E-state index is 3.50. The van der Waals surface area contributed by atoms with Crippen molar-refractivity contribution in [1.82, 2.24) is 0 Å². The molecular formula is C15H15NS. The van der Waals surface area contributed by atoms with Crippen LogP contribution in [0.4, 0.5) is 5.69 Å². The summed E-state index contributed by atoms with van der Waals surface area (Å²) in [6, 6.07) is 19.4. The fraction of sp³-hybridized carbons (Fsp3) is 0.200. The molecule has 2 heteroatoms. The van der Waals surface area contributed by atoms with Gasteiger partial charge in [-0.25, -0.2) is 0 Å². The van der Waals surface area contributed by atoms with E-state index in [1.807, 2.05) is 11.8 Å². The van der Waals surface area contributed by atoms with Crippen molar-refractivity contribution in [3.05, 3.63) is 60.2 Å². The predicted molar refractivity (Wildman–Crippen MR) is 74.6 cm³/mol. The average molecular weight is 241 g/mol. The lowest BCUT2D eigenvalue weighted by atomic mass is 10.1. The first-order chi connectivity index (χ1) is 8.43. The summed E-state index contributed by atoms with van der Waals surface area (Å²) in [6.45, 7) is 1.05. The van der Waals surface area contributed by atoms with Gasteiger partial charge in [0.25, 0.3) is 0 Å². The highest BCUT2D eigenvalue weighted by Crippen LogP contribution is 2.42. The summed E-state index contributed by atoms with van der Waals surface area (Å²) in [4.78, 5) is 1.36. The van der Waals surface area contributed by atoms with Crippen LogP contribution in [0.5, 0.6) is 0 Å². The Balaban J connectivity index is 1.91. The number of benzene rings is 2. The predicted octanol–water partition coefficient (Wildman–Crippen LogP) is 4.34. The van der Waals surface area contributed by atoms with E-state index < -0.39 is 0 Å². The van der Waals surface area contributed by atoms with Crippen molar-refractivity contribution >= 4 is 17.4 Å². The van der Waals surface area contributed by atoms with E-state index in [0.717, 1.165) is 6.54 Å². The van der Waals surface area contributed by atoms with Gasteiger partial charge < -0.3 is 5.32 Å². The van der Waals surface area contributed by atoms with Gasteiger partial charge in [0.15, 0.2) is 0 Å². The molecule has 0 aromatic heterocycles. The second kappa shape index (κ2) is 4.84. The normalized spacial score (nSPS) is 18.9. The van der Waals surface area contributed by atoms with Gasteiger partial charge in [-0.05, 0) is 24.1 Å². The molecule has 2 aromatic carbocycles. The van der Waals surface area contributed by atoms with Crippen LogP contribution in [0.25, 0.3) is 0 Å². The van der Waals surface area contributed by atoms with Gasteiger partial charge in [-0.1, -0.05) is 42.5 Å². The first kappa shape index (κ1) is 10.7. The van der Waals surface area contributed by atoms with Crippen molar-refractivity contribution in [2.75, 3.05) is 11.9 Å². The molecule has 86 valence electrons. The van der Waals surface area contributed by atoms with Crippen LogP contribution < -0.4 is 5.32 Å². The Hall–Kier alpha value is -1.41. The maximum Gasteiger partial charge on any atom is 0.0478 e. The van der Waals surface area contributed by atoms with E-state index in [1.165, 1.54) is 22.6 Å². The van der Waals surface area contributed by atoms with Gasteiger partial charge in [-0.3, -0.25) is 0 Å². The summed E-state index contributed by atoms with van der Waals surface area (Å²) in [5, 5.41) is 4.07. The second-order valence-electron chi connectivity index (χ2n) is 4.23. The molecule has 0 spiro atoms. The van der Waals surface area contributed by atoms with Gasteiger partial charge in [0.2, 0.25) is 0 Å². The fourth-order valence-electron chi connectivity index (χ4n) is 2.17. The summed E-state index contributed by atoms with van der Waals surface area (Å²) >= 11 is 1.97. The zero-order valence-corrected chi connectivity index (χ0v) is 10.4. The van der Waals surface area contributed by atoms with Gasteiger partial charge in [0.1, 0.15) is 0 Å². The molecule has 1 nitrogen and oxygen atoms in total. The minimum atomic E-state index is 0.562. The van der Waals surface area contributed by atoms with Crippen LogP contribution >= 0.6 is 11.8 Å². The molecule has 1 atom stereocenters. The number of thioether (sulfide) groups is 1. The third-order valence-corrected chi connectivity index (χ3v) is 4.45. The summed E-state index contributed by atoms with van der Waals surface area (Å²) in [5.41, 5.74) is 2.70. The number of hydrogen-bond donors (Lipinski definition) is 1. The summed E-state index contributed by atoms with van der Waals surface area (Å²) in [7, 11) is 0. The van der Waals surface area contributed by atoms with Crippen LogP contribution in [0.3, 0.4) is 0 Å². The number of rotatable bonds is 1. The van der Waals surface area contributed by atoms with E-state index in [9.17, 15) is 0 Å². The Labute approximate surface area is 106 Å². The van der Waals surface area contributed by atoms with Crippen LogP contribution in [0.1, 0.15) is 17.2 Å². The van der Waals surface area contributed by atoms with Crippen molar-refractivity contribution in [3.63, 3.8) is 0 Å². The third-order valence-electron chi connectivity index (χ3n) is 3.05. The van der Waals surface area contributed by atoms with Crippen LogP contribution in [-0.2, 0) is 0 Å². The standard InChI is InChI=1S/C15H15NS/c1-2-6-12(7-3-1)14-10-11-16-13-8-4-5-9-15(13)17-14/h1-9,14,16H,10-11H2. The second-order valence-corrected chi connectivity index (χ2v) is 5.47. The number of fused-ring (bicyclic) bond motifs is 1. The Morgan fingerprint density at radius 3 is 2.59 bits per heavy atom. The number of hydrogen-bond acceptors (Lipinski definition) is 2. The molecule has 3 rings (SSSR count). The first-order valence-corrected chi connectivity index (χ1v) is 6.86. The fourth-order valence-corrected chi connectivity index (χ4v) is 3.43. The Morgan fingerprint density at radius 1 is 0.941 bits per heavy atom. The Bertz CT molecular complexity index is 495. The van der Waals surface area contributed by atoms with E-state index in [4.69, 9.17) is 0 Å². The van der Waals surface area contributed by atoms with E-state index in [1.54, 1.807) is 0 Å². The molecule has 0 radical (unpaired) electrons. The van der Waals surface area contributed by atoms with Gasteiger partial charge in [0, 0.05) is 22.4 Å². The molecule has 0 amide bonds. The van der Waals surface area contributed by atoms with Gasteiger partial charge >= 0.3 is 0 Å². The van der Waals surface area contributed by atoms with Crippen LogP contribution in [0.15, 0.2) is 59.5 Å². The van der Waals surface area contributed by atoms with Crippen molar-refractivity contribution in [1.29, 1.82) is 0 Å². The highest BCUT2D eigenvalue weighted by molar-refractivity contribution is 7.99. The highest BCUT2D eigenvalue weighted by Gasteiger charge is 2.17. The molecule has 0 bridgehead atoms. The largest absolute Gasteiger partial charge is 0.384 e. The molecule has 2 aromatic rings. The molecule has 17 heavy (non-hydrogen) atoms. The average Bonchev–Trinajstić information content (AvgIpc) is 2.62. The molecule has 1 N–H and O–H groups in total. The SMILES string of the molecule is c1ccc(C2CCNc3ccccc3S2)cc1. The van der Waals surface area contributed by atoms with E-state index in [-0.39, 0.29) is 0 Å². The minimum absolute atomic E-state index is 0.562. The van der Waals surface area contributed by atoms with Crippen molar-refractivity contribution in [2.24, 2.45) is 0 Å². The molecule has 0 aliphatic carbocycles. The summed E-state index contributed by atoms with van der Waals surface area (Å²) < 4.78 is 0. The van der Waals surface area contributed by atoms with Crippen LogP contribution in [-0.4, -0.2) is 6.54 Å². The minimum Gasteiger partial charge on any atom is -0.384 e. The van der Waals surface area contributed by atoms with Crippen LogP contribution in [0, 0.1) is 0 Å². The zero-order chi connectivity index (χ0) is 11.5. The number of nitrogens with one attached hydrogen (secondary N) is 1. The quantitative estimate of drug-likeness (QED) is 0.797. The number of anilines is 1. The van der Waals surface area contributed by atoms with Gasteiger partial charge in [-0.15, -0.1) is 11.8 Å². The zero-order valence-electron chi connectivity index (χ0n) is 9.60. The monoisotopic (exact) mass is 241 g/mol. The first-order valence-electron chi connectivity index (χ1n) is 5.98. The van der Waals surface area contributed by atoms with E-state index >= 15 is 0 Å².